The summed E-state index contributed by atoms with van der Waals surface area (Å²) in [5.74, 6) is 0.387. The molecule has 0 N–H and O–H groups in total. The SMILES string of the molecule is O=C(CN1CCN(c2ccccc2)CC1)N1N=C2c3ccccc3CCC2C1c1cccs1. The summed E-state index contributed by atoms with van der Waals surface area (Å²) in [5, 5.41) is 8.91. The molecule has 2 aliphatic heterocycles. The highest BCUT2D eigenvalue weighted by atomic mass is 32.1. The van der Waals surface area contributed by atoms with Crippen molar-refractivity contribution in [3.63, 3.8) is 0 Å². The van der Waals surface area contributed by atoms with Crippen LogP contribution in [0.25, 0.3) is 0 Å². The van der Waals surface area contributed by atoms with E-state index in [0.717, 1.165) is 44.7 Å². The Labute approximate surface area is 198 Å². The average molecular weight is 457 g/mol. The Kier molecular flexibility index (Phi) is 5.48. The smallest absolute Gasteiger partial charge is 0.257 e. The molecule has 1 amide bonds. The first-order valence-corrected chi connectivity index (χ1v) is 12.7. The topological polar surface area (TPSA) is 39.2 Å². The van der Waals surface area contributed by atoms with Gasteiger partial charge in [0.15, 0.2) is 0 Å². The van der Waals surface area contributed by atoms with E-state index in [0.29, 0.717) is 6.54 Å². The molecule has 6 rings (SSSR count). The molecule has 1 aromatic heterocycles. The predicted octanol–water partition coefficient (Wildman–Crippen LogP) is 4.42. The molecule has 3 heterocycles. The van der Waals surface area contributed by atoms with Crippen molar-refractivity contribution >= 4 is 28.6 Å². The molecule has 2 aromatic carbocycles. The second-order valence-corrected chi connectivity index (χ2v) is 10.1. The van der Waals surface area contributed by atoms with Crippen LogP contribution in [0.2, 0.25) is 0 Å². The van der Waals surface area contributed by atoms with Crippen molar-refractivity contribution in [2.24, 2.45) is 11.0 Å². The van der Waals surface area contributed by atoms with Gasteiger partial charge in [0.25, 0.3) is 5.91 Å². The van der Waals surface area contributed by atoms with E-state index in [2.05, 4.69) is 81.9 Å². The van der Waals surface area contributed by atoms with Crippen LogP contribution in [0.3, 0.4) is 0 Å². The number of hydrogen-bond donors (Lipinski definition) is 0. The van der Waals surface area contributed by atoms with Crippen molar-refractivity contribution in [1.29, 1.82) is 0 Å². The first kappa shape index (κ1) is 20.6. The molecule has 0 radical (unpaired) electrons. The Hall–Kier alpha value is -2.96. The number of aryl methyl sites for hydroxylation is 1. The molecule has 2 unspecified atom stereocenters. The quantitative estimate of drug-likeness (QED) is 0.583. The summed E-state index contributed by atoms with van der Waals surface area (Å²) in [6.45, 7) is 4.09. The lowest BCUT2D eigenvalue weighted by atomic mass is 9.79. The van der Waals surface area contributed by atoms with E-state index in [-0.39, 0.29) is 17.9 Å². The minimum absolute atomic E-state index is 0.0199. The summed E-state index contributed by atoms with van der Waals surface area (Å²) < 4.78 is 0. The van der Waals surface area contributed by atoms with Gasteiger partial charge in [-0.25, -0.2) is 5.01 Å². The molecule has 0 saturated carbocycles. The number of para-hydroxylation sites is 1. The number of hydrogen-bond acceptors (Lipinski definition) is 5. The monoisotopic (exact) mass is 456 g/mol. The fourth-order valence-electron chi connectivity index (χ4n) is 5.48. The lowest BCUT2D eigenvalue weighted by molar-refractivity contribution is -0.134. The Bertz CT molecular complexity index is 1150. The van der Waals surface area contributed by atoms with Crippen molar-refractivity contribution in [2.75, 3.05) is 37.6 Å². The first-order chi connectivity index (χ1) is 16.3. The largest absolute Gasteiger partial charge is 0.369 e. The number of thiophene rings is 1. The van der Waals surface area contributed by atoms with Crippen molar-refractivity contribution in [2.45, 2.75) is 18.9 Å². The number of nitrogens with zero attached hydrogens (tertiary/aromatic N) is 4. The Balaban J connectivity index is 1.20. The number of carbonyl (C=O) groups is 1. The lowest BCUT2D eigenvalue weighted by Gasteiger charge is -2.36. The molecule has 5 nitrogen and oxygen atoms in total. The van der Waals surface area contributed by atoms with Crippen molar-refractivity contribution in [3.05, 3.63) is 88.1 Å². The zero-order chi connectivity index (χ0) is 22.2. The number of piperazine rings is 1. The maximum Gasteiger partial charge on any atom is 0.257 e. The highest BCUT2D eigenvalue weighted by molar-refractivity contribution is 7.10. The molecule has 1 saturated heterocycles. The molecular formula is C27H28N4OS. The van der Waals surface area contributed by atoms with Gasteiger partial charge in [-0.05, 0) is 42.0 Å². The molecule has 0 bridgehead atoms. The highest BCUT2D eigenvalue weighted by Gasteiger charge is 2.44. The summed E-state index contributed by atoms with van der Waals surface area (Å²) in [6, 6.07) is 23.4. The minimum Gasteiger partial charge on any atom is -0.369 e. The van der Waals surface area contributed by atoms with Gasteiger partial charge in [-0.2, -0.15) is 5.10 Å². The van der Waals surface area contributed by atoms with Gasteiger partial charge >= 0.3 is 0 Å². The highest BCUT2D eigenvalue weighted by Crippen LogP contribution is 2.44. The molecule has 6 heteroatoms. The minimum atomic E-state index is 0.0199. The van der Waals surface area contributed by atoms with Crippen LogP contribution in [-0.2, 0) is 11.2 Å². The third kappa shape index (κ3) is 3.87. The average Bonchev–Trinajstić information content (AvgIpc) is 3.53. The van der Waals surface area contributed by atoms with Gasteiger partial charge in [0, 0.05) is 48.2 Å². The second-order valence-electron chi connectivity index (χ2n) is 9.08. The summed E-state index contributed by atoms with van der Waals surface area (Å²) in [5.41, 5.74) is 4.93. The molecule has 3 aliphatic rings. The van der Waals surface area contributed by atoms with Gasteiger partial charge in [-0.1, -0.05) is 48.5 Å². The van der Waals surface area contributed by atoms with Crippen LogP contribution >= 0.6 is 11.3 Å². The molecular weight excluding hydrogens is 428 g/mol. The van der Waals surface area contributed by atoms with Crippen LogP contribution in [0.15, 0.2) is 77.2 Å². The van der Waals surface area contributed by atoms with Crippen LogP contribution in [0.5, 0.6) is 0 Å². The Morgan fingerprint density at radius 2 is 1.73 bits per heavy atom. The summed E-state index contributed by atoms with van der Waals surface area (Å²) in [6.07, 6.45) is 2.09. The number of amides is 1. The third-order valence-corrected chi connectivity index (χ3v) is 8.11. The standard InChI is InChI=1S/C27H28N4OS/c32-25(19-29-14-16-30(17-15-29)21-8-2-1-3-9-21)31-27(24-11-6-18-33-24)23-13-12-20-7-4-5-10-22(20)26(23)28-31/h1-11,18,23,27H,12-17,19H2. The zero-order valence-electron chi connectivity index (χ0n) is 18.6. The summed E-state index contributed by atoms with van der Waals surface area (Å²) >= 11 is 1.73. The molecule has 33 heavy (non-hydrogen) atoms. The van der Waals surface area contributed by atoms with Gasteiger partial charge in [0.05, 0.1) is 18.3 Å². The molecule has 2 atom stereocenters. The van der Waals surface area contributed by atoms with E-state index in [9.17, 15) is 4.79 Å². The molecule has 0 spiro atoms. The van der Waals surface area contributed by atoms with Crippen LogP contribution in [0.4, 0.5) is 5.69 Å². The predicted molar refractivity (Wildman–Crippen MR) is 134 cm³/mol. The zero-order valence-corrected chi connectivity index (χ0v) is 19.5. The fraction of sp³-hybridized carbons (Fsp3) is 0.333. The van der Waals surface area contributed by atoms with Crippen molar-refractivity contribution in [1.82, 2.24) is 9.91 Å². The summed E-state index contributed by atoms with van der Waals surface area (Å²) in [7, 11) is 0. The van der Waals surface area contributed by atoms with Crippen molar-refractivity contribution < 1.29 is 4.79 Å². The van der Waals surface area contributed by atoms with Crippen LogP contribution < -0.4 is 4.90 Å². The maximum atomic E-state index is 13.6. The number of hydrazone groups is 1. The van der Waals surface area contributed by atoms with Gasteiger partial charge in [-0.3, -0.25) is 9.69 Å². The van der Waals surface area contributed by atoms with E-state index >= 15 is 0 Å². The van der Waals surface area contributed by atoms with Crippen LogP contribution in [0.1, 0.15) is 28.5 Å². The van der Waals surface area contributed by atoms with Crippen LogP contribution in [-0.4, -0.2) is 54.3 Å². The van der Waals surface area contributed by atoms with E-state index in [1.807, 2.05) is 5.01 Å². The fourth-order valence-corrected chi connectivity index (χ4v) is 6.35. The van der Waals surface area contributed by atoms with Crippen molar-refractivity contribution in [3.8, 4) is 0 Å². The van der Waals surface area contributed by atoms with E-state index in [1.165, 1.54) is 21.7 Å². The van der Waals surface area contributed by atoms with Gasteiger partial charge in [-0.15, -0.1) is 11.3 Å². The first-order valence-electron chi connectivity index (χ1n) is 11.8. The Morgan fingerprint density at radius 3 is 2.52 bits per heavy atom. The Morgan fingerprint density at radius 1 is 0.939 bits per heavy atom. The van der Waals surface area contributed by atoms with Gasteiger partial charge in [0.2, 0.25) is 0 Å². The number of benzene rings is 2. The number of anilines is 1. The normalized spacial score (nSPS) is 22.6. The second kappa shape index (κ2) is 8.76. The third-order valence-electron chi connectivity index (χ3n) is 7.17. The summed E-state index contributed by atoms with van der Waals surface area (Å²) in [4.78, 5) is 19.5. The molecule has 168 valence electrons. The van der Waals surface area contributed by atoms with Gasteiger partial charge < -0.3 is 4.90 Å². The number of rotatable bonds is 4. The van der Waals surface area contributed by atoms with Crippen LogP contribution in [0, 0.1) is 5.92 Å². The van der Waals surface area contributed by atoms with Gasteiger partial charge in [0.1, 0.15) is 0 Å². The van der Waals surface area contributed by atoms with E-state index < -0.39 is 0 Å². The molecule has 3 aromatic rings. The maximum absolute atomic E-state index is 13.6. The van der Waals surface area contributed by atoms with E-state index in [4.69, 9.17) is 5.10 Å². The van der Waals surface area contributed by atoms with E-state index in [1.54, 1.807) is 11.3 Å². The lowest BCUT2D eigenvalue weighted by Crippen LogP contribution is -2.49. The number of carbonyl (C=O) groups excluding carboxylic acids is 1. The molecule has 1 aliphatic carbocycles. The number of fused-ring (bicyclic) bond motifs is 3. The molecule has 1 fully saturated rings.